The molecule has 2 fully saturated rings. The highest BCUT2D eigenvalue weighted by molar-refractivity contribution is 6.30. The van der Waals surface area contributed by atoms with Crippen LogP contribution in [0.4, 0.5) is 0 Å². The molecule has 2 aliphatic heterocycles. The molecule has 5 nitrogen and oxygen atoms in total. The fraction of sp³-hybridized carbons (Fsp3) is 0.556. The van der Waals surface area contributed by atoms with Crippen molar-refractivity contribution in [1.29, 1.82) is 0 Å². The van der Waals surface area contributed by atoms with Crippen LogP contribution < -0.4 is 10.6 Å². The van der Waals surface area contributed by atoms with Gasteiger partial charge in [0.1, 0.15) is 0 Å². The first-order valence-electron chi connectivity index (χ1n) is 8.70. The predicted molar refractivity (Wildman–Crippen MR) is 94.2 cm³/mol. The molecule has 2 aliphatic rings. The maximum atomic E-state index is 12.1. The van der Waals surface area contributed by atoms with Gasteiger partial charge >= 0.3 is 0 Å². The molecular weight excluding hydrogens is 326 g/mol. The summed E-state index contributed by atoms with van der Waals surface area (Å²) < 4.78 is 0. The van der Waals surface area contributed by atoms with Gasteiger partial charge < -0.3 is 10.6 Å². The number of hydrogen-bond acceptors (Lipinski definition) is 3. The number of halogens is 1. The van der Waals surface area contributed by atoms with Crippen LogP contribution in [-0.4, -0.2) is 48.4 Å². The summed E-state index contributed by atoms with van der Waals surface area (Å²) in [5.41, 5.74) is 0.549. The Labute approximate surface area is 147 Å². The summed E-state index contributed by atoms with van der Waals surface area (Å²) >= 11 is 5.80. The standard InChI is InChI=1S/C18H24ClN3O2/c19-14-6-4-13(5-7-14)18(24)20-10-8-17(23)21-15-9-12-22-11-2-1-3-16(15)22/h4-7,15-16H,1-3,8-12H2,(H,20,24)(H,21,23). The molecule has 0 aromatic heterocycles. The zero-order valence-electron chi connectivity index (χ0n) is 13.8. The monoisotopic (exact) mass is 349 g/mol. The molecule has 2 unspecified atom stereocenters. The fourth-order valence-corrected chi connectivity index (χ4v) is 3.81. The van der Waals surface area contributed by atoms with Crippen molar-refractivity contribution in [2.75, 3.05) is 19.6 Å². The Morgan fingerprint density at radius 2 is 1.92 bits per heavy atom. The first kappa shape index (κ1) is 17.2. The Morgan fingerprint density at radius 1 is 1.12 bits per heavy atom. The van der Waals surface area contributed by atoms with Crippen molar-refractivity contribution in [3.05, 3.63) is 34.9 Å². The smallest absolute Gasteiger partial charge is 0.251 e. The number of benzene rings is 1. The third kappa shape index (κ3) is 4.28. The van der Waals surface area contributed by atoms with E-state index in [1.54, 1.807) is 24.3 Å². The third-order valence-electron chi connectivity index (χ3n) is 4.95. The van der Waals surface area contributed by atoms with Crippen LogP contribution in [-0.2, 0) is 4.79 Å². The minimum Gasteiger partial charge on any atom is -0.352 e. The van der Waals surface area contributed by atoms with Gasteiger partial charge in [0.25, 0.3) is 5.91 Å². The highest BCUT2D eigenvalue weighted by Gasteiger charge is 2.35. The lowest BCUT2D eigenvalue weighted by Crippen LogP contribution is -2.47. The van der Waals surface area contributed by atoms with E-state index >= 15 is 0 Å². The molecule has 0 aliphatic carbocycles. The van der Waals surface area contributed by atoms with Crippen LogP contribution in [0.1, 0.15) is 42.5 Å². The Morgan fingerprint density at radius 3 is 2.71 bits per heavy atom. The van der Waals surface area contributed by atoms with Crippen LogP contribution >= 0.6 is 11.6 Å². The van der Waals surface area contributed by atoms with Crippen LogP contribution in [0.2, 0.25) is 5.02 Å². The minimum absolute atomic E-state index is 0.0174. The quantitative estimate of drug-likeness (QED) is 0.856. The lowest BCUT2D eigenvalue weighted by molar-refractivity contribution is -0.121. The SMILES string of the molecule is O=C(CCNC(=O)c1ccc(Cl)cc1)NC1CCN2CCCCC12. The molecule has 3 rings (SSSR count). The van der Waals surface area contributed by atoms with Crippen LogP contribution in [0.25, 0.3) is 0 Å². The molecule has 6 heteroatoms. The number of hydrogen-bond donors (Lipinski definition) is 2. The van der Waals surface area contributed by atoms with E-state index in [-0.39, 0.29) is 17.9 Å². The van der Waals surface area contributed by atoms with Crippen molar-refractivity contribution < 1.29 is 9.59 Å². The van der Waals surface area contributed by atoms with Crippen LogP contribution in [0.3, 0.4) is 0 Å². The van der Waals surface area contributed by atoms with Crippen LogP contribution in [0.15, 0.2) is 24.3 Å². The number of nitrogens with zero attached hydrogens (tertiary/aromatic N) is 1. The molecule has 2 heterocycles. The van der Waals surface area contributed by atoms with Crippen molar-refractivity contribution in [2.45, 2.75) is 44.2 Å². The van der Waals surface area contributed by atoms with Gasteiger partial charge in [-0.1, -0.05) is 18.0 Å². The molecule has 2 amide bonds. The van der Waals surface area contributed by atoms with Gasteiger partial charge in [0.2, 0.25) is 5.91 Å². The summed E-state index contributed by atoms with van der Waals surface area (Å²) in [6.45, 7) is 2.59. The average Bonchev–Trinajstić information content (AvgIpc) is 2.98. The zero-order valence-corrected chi connectivity index (χ0v) is 14.5. The Hall–Kier alpha value is -1.59. The molecule has 0 spiro atoms. The average molecular weight is 350 g/mol. The van der Waals surface area contributed by atoms with Gasteiger partial charge in [-0.2, -0.15) is 0 Å². The molecule has 2 N–H and O–H groups in total. The first-order chi connectivity index (χ1) is 11.6. The number of amides is 2. The Balaban J connectivity index is 1.39. The predicted octanol–water partition coefficient (Wildman–Crippen LogP) is 2.20. The number of carbonyl (C=O) groups excluding carboxylic acids is 2. The minimum atomic E-state index is -0.182. The van der Waals surface area contributed by atoms with E-state index in [2.05, 4.69) is 15.5 Å². The van der Waals surface area contributed by atoms with Crippen LogP contribution in [0.5, 0.6) is 0 Å². The van der Waals surface area contributed by atoms with Crippen molar-refractivity contribution in [3.63, 3.8) is 0 Å². The lowest BCUT2D eigenvalue weighted by atomic mass is 9.99. The zero-order chi connectivity index (χ0) is 16.9. The summed E-state index contributed by atoms with van der Waals surface area (Å²) in [4.78, 5) is 26.6. The van der Waals surface area contributed by atoms with Crippen molar-refractivity contribution in [2.24, 2.45) is 0 Å². The van der Waals surface area contributed by atoms with Gasteiger partial charge in [0.15, 0.2) is 0 Å². The van der Waals surface area contributed by atoms with Crippen molar-refractivity contribution in [1.82, 2.24) is 15.5 Å². The highest BCUT2D eigenvalue weighted by atomic mass is 35.5. The molecule has 1 aromatic rings. The summed E-state index contributed by atoms with van der Waals surface area (Å²) in [5, 5.41) is 6.52. The maximum absolute atomic E-state index is 12.1. The molecule has 130 valence electrons. The summed E-state index contributed by atoms with van der Waals surface area (Å²) in [6.07, 6.45) is 5.05. The number of carbonyl (C=O) groups is 2. The van der Waals surface area contributed by atoms with Crippen LogP contribution in [0, 0.1) is 0 Å². The summed E-state index contributed by atoms with van der Waals surface area (Å²) in [5.74, 6) is -0.164. The van der Waals surface area contributed by atoms with E-state index in [1.165, 1.54) is 19.3 Å². The maximum Gasteiger partial charge on any atom is 0.251 e. The highest BCUT2D eigenvalue weighted by Crippen LogP contribution is 2.27. The number of piperidine rings is 1. The fourth-order valence-electron chi connectivity index (χ4n) is 3.69. The van der Waals surface area contributed by atoms with E-state index in [1.807, 2.05) is 0 Å². The van der Waals surface area contributed by atoms with Gasteiger partial charge in [-0.15, -0.1) is 0 Å². The van der Waals surface area contributed by atoms with Gasteiger partial charge in [-0.05, 0) is 50.1 Å². The van der Waals surface area contributed by atoms with E-state index < -0.39 is 0 Å². The van der Waals surface area contributed by atoms with Gasteiger partial charge in [0.05, 0.1) is 0 Å². The molecule has 0 saturated carbocycles. The van der Waals surface area contributed by atoms with Gasteiger partial charge in [-0.3, -0.25) is 14.5 Å². The molecular formula is C18H24ClN3O2. The molecule has 2 saturated heterocycles. The van der Waals surface area contributed by atoms with Crippen molar-refractivity contribution >= 4 is 23.4 Å². The molecule has 0 bridgehead atoms. The number of nitrogens with one attached hydrogen (secondary N) is 2. The number of fused-ring (bicyclic) bond motifs is 1. The second-order valence-electron chi connectivity index (χ2n) is 6.57. The molecule has 24 heavy (non-hydrogen) atoms. The van der Waals surface area contributed by atoms with E-state index in [4.69, 9.17) is 11.6 Å². The second-order valence-corrected chi connectivity index (χ2v) is 7.01. The third-order valence-corrected chi connectivity index (χ3v) is 5.20. The normalized spacial score (nSPS) is 23.5. The summed E-state index contributed by atoms with van der Waals surface area (Å²) in [7, 11) is 0. The Kier molecular flexibility index (Phi) is 5.74. The lowest BCUT2D eigenvalue weighted by Gasteiger charge is -2.32. The largest absolute Gasteiger partial charge is 0.352 e. The first-order valence-corrected chi connectivity index (χ1v) is 9.08. The Bertz CT molecular complexity index is 590. The summed E-state index contributed by atoms with van der Waals surface area (Å²) in [6, 6.07) is 7.48. The van der Waals surface area contributed by atoms with E-state index in [0.717, 1.165) is 19.5 Å². The second kappa shape index (κ2) is 7.99. The van der Waals surface area contributed by atoms with Gasteiger partial charge in [-0.25, -0.2) is 0 Å². The van der Waals surface area contributed by atoms with E-state index in [9.17, 15) is 9.59 Å². The van der Waals surface area contributed by atoms with Crippen molar-refractivity contribution in [3.8, 4) is 0 Å². The number of rotatable bonds is 5. The van der Waals surface area contributed by atoms with E-state index in [0.29, 0.717) is 29.6 Å². The topological polar surface area (TPSA) is 61.4 Å². The molecule has 0 radical (unpaired) electrons. The molecule has 1 aromatic carbocycles. The molecule has 2 atom stereocenters. The van der Waals surface area contributed by atoms with Gasteiger partial charge in [0, 0.05) is 42.2 Å².